The van der Waals surface area contributed by atoms with Gasteiger partial charge in [0.05, 0.1) is 0 Å². The number of carbonyl (C=O) groups excluding carboxylic acids is 1. The molecule has 0 aromatic heterocycles. The molecule has 1 aliphatic carbocycles. The summed E-state index contributed by atoms with van der Waals surface area (Å²) in [6, 6.07) is 4.57. The Hall–Kier alpha value is -1.94. The Balaban J connectivity index is 2.46. The van der Waals surface area contributed by atoms with E-state index >= 15 is 0 Å². The van der Waals surface area contributed by atoms with Crippen LogP contribution >= 0.6 is 11.6 Å². The first-order valence-electron chi connectivity index (χ1n) is 5.50. The lowest BCUT2D eigenvalue weighted by Gasteiger charge is -2.12. The van der Waals surface area contributed by atoms with Gasteiger partial charge in [-0.05, 0) is 24.6 Å². The number of urea groups is 1. The van der Waals surface area contributed by atoms with Gasteiger partial charge in [-0.15, -0.1) is 0 Å². The summed E-state index contributed by atoms with van der Waals surface area (Å²) in [5.74, 6) is 0.129. The topological polar surface area (TPSA) is 61.4 Å². The number of halogens is 1. The summed E-state index contributed by atoms with van der Waals surface area (Å²) in [5.41, 5.74) is 2.12. The van der Waals surface area contributed by atoms with Crippen LogP contribution in [0.4, 0.5) is 4.79 Å². The van der Waals surface area contributed by atoms with Gasteiger partial charge < -0.3 is 15.7 Å². The second-order valence-electron chi connectivity index (χ2n) is 3.84. The van der Waals surface area contributed by atoms with Gasteiger partial charge in [0.1, 0.15) is 5.75 Å². The van der Waals surface area contributed by atoms with Crippen molar-refractivity contribution in [3.8, 4) is 5.75 Å². The van der Waals surface area contributed by atoms with Crippen molar-refractivity contribution in [2.45, 2.75) is 6.42 Å². The first kappa shape index (κ1) is 12.5. The predicted molar refractivity (Wildman–Crippen MR) is 72.1 cm³/mol. The quantitative estimate of drug-likeness (QED) is 0.730. The summed E-state index contributed by atoms with van der Waals surface area (Å²) in [5, 5.41) is 15.4. The van der Waals surface area contributed by atoms with Crippen LogP contribution in [0.2, 0.25) is 0 Å². The second-order valence-corrected chi connectivity index (χ2v) is 4.25. The number of phenolic OH excluding ortho intramolecular Hbond substituents is 1. The van der Waals surface area contributed by atoms with Crippen LogP contribution in [0.25, 0.3) is 10.7 Å². The van der Waals surface area contributed by atoms with Crippen molar-refractivity contribution in [2.75, 3.05) is 7.05 Å². The van der Waals surface area contributed by atoms with E-state index in [2.05, 4.69) is 10.6 Å². The van der Waals surface area contributed by atoms with Gasteiger partial charge in [-0.25, -0.2) is 4.79 Å². The number of rotatable bonds is 1. The molecule has 2 rings (SSSR count). The highest BCUT2D eigenvalue weighted by atomic mass is 35.5. The van der Waals surface area contributed by atoms with E-state index in [9.17, 15) is 9.90 Å². The number of fused-ring (bicyclic) bond motifs is 1. The van der Waals surface area contributed by atoms with E-state index in [1.807, 2.05) is 12.2 Å². The van der Waals surface area contributed by atoms with Crippen LogP contribution in [0.5, 0.6) is 5.75 Å². The molecule has 1 aromatic carbocycles. The lowest BCUT2D eigenvalue weighted by molar-refractivity contribution is 0.246. The summed E-state index contributed by atoms with van der Waals surface area (Å²) >= 11 is 6.16. The molecule has 0 unspecified atom stereocenters. The predicted octanol–water partition coefficient (Wildman–Crippen LogP) is 2.65. The highest BCUT2D eigenvalue weighted by molar-refractivity contribution is 6.49. The van der Waals surface area contributed by atoms with Crippen LogP contribution in [0.1, 0.15) is 17.5 Å². The van der Waals surface area contributed by atoms with Crippen LogP contribution in [0.3, 0.4) is 0 Å². The zero-order chi connectivity index (χ0) is 13.1. The minimum absolute atomic E-state index is 0.129. The zero-order valence-corrected chi connectivity index (χ0v) is 10.6. The van der Waals surface area contributed by atoms with Gasteiger partial charge >= 0.3 is 6.03 Å². The molecule has 0 saturated carbocycles. The highest BCUT2D eigenvalue weighted by Gasteiger charge is 2.15. The van der Waals surface area contributed by atoms with E-state index in [-0.39, 0.29) is 11.8 Å². The van der Waals surface area contributed by atoms with Gasteiger partial charge in [-0.1, -0.05) is 23.8 Å². The summed E-state index contributed by atoms with van der Waals surface area (Å²) in [6.07, 6.45) is 4.33. The molecule has 18 heavy (non-hydrogen) atoms. The minimum atomic E-state index is -0.312. The van der Waals surface area contributed by atoms with Gasteiger partial charge in [-0.2, -0.15) is 0 Å². The summed E-state index contributed by atoms with van der Waals surface area (Å²) in [7, 11) is 1.54. The number of amides is 2. The van der Waals surface area contributed by atoms with Gasteiger partial charge in [0, 0.05) is 28.9 Å². The average Bonchev–Trinajstić information content (AvgIpc) is 2.50. The van der Waals surface area contributed by atoms with E-state index in [1.165, 1.54) is 0 Å². The first-order valence-corrected chi connectivity index (χ1v) is 5.88. The Labute approximate surface area is 110 Å². The molecule has 0 radical (unpaired) electrons. The summed E-state index contributed by atoms with van der Waals surface area (Å²) in [6.45, 7) is 0. The van der Waals surface area contributed by atoms with Crippen molar-refractivity contribution >= 4 is 28.4 Å². The normalized spacial score (nSPS) is 13.9. The maximum absolute atomic E-state index is 11.4. The third-order valence-electron chi connectivity index (χ3n) is 2.64. The molecular weight excluding hydrogens is 252 g/mol. The maximum atomic E-state index is 11.4. The minimum Gasteiger partial charge on any atom is -0.508 e. The molecule has 0 heterocycles. The number of nitrogens with one attached hydrogen (secondary N) is 2. The molecule has 0 atom stereocenters. The fraction of sp³-hybridized carbons (Fsp3) is 0.154. The van der Waals surface area contributed by atoms with Crippen LogP contribution in [-0.4, -0.2) is 18.2 Å². The van der Waals surface area contributed by atoms with Crippen molar-refractivity contribution in [1.82, 2.24) is 10.6 Å². The SMILES string of the molecule is CNC(=O)NC1=CCC=C(Cl)c2ccc(O)cc21. The molecule has 1 aromatic rings. The van der Waals surface area contributed by atoms with E-state index < -0.39 is 0 Å². The number of allylic oxidation sites excluding steroid dienone is 2. The standard InChI is InChI=1S/C13H13ClN2O2/c1-15-13(18)16-12-4-2-3-11(14)9-6-5-8(17)7-10(9)12/h3-7,17H,2H2,1H3,(H2,15,16,18). The Kier molecular flexibility index (Phi) is 3.58. The van der Waals surface area contributed by atoms with E-state index in [4.69, 9.17) is 11.6 Å². The maximum Gasteiger partial charge on any atom is 0.318 e. The Morgan fingerprint density at radius 2 is 2.11 bits per heavy atom. The van der Waals surface area contributed by atoms with Crippen molar-refractivity contribution in [3.63, 3.8) is 0 Å². The van der Waals surface area contributed by atoms with Crippen molar-refractivity contribution in [2.24, 2.45) is 0 Å². The molecule has 94 valence electrons. The molecule has 0 bridgehead atoms. The van der Waals surface area contributed by atoms with E-state index in [1.54, 1.807) is 25.2 Å². The zero-order valence-electron chi connectivity index (χ0n) is 9.83. The van der Waals surface area contributed by atoms with Crippen LogP contribution < -0.4 is 10.6 Å². The largest absolute Gasteiger partial charge is 0.508 e. The van der Waals surface area contributed by atoms with Gasteiger partial charge in [0.15, 0.2) is 0 Å². The first-order chi connectivity index (χ1) is 8.61. The number of benzene rings is 1. The molecule has 1 aliphatic rings. The number of carbonyl (C=O) groups is 1. The molecule has 3 N–H and O–H groups in total. The second kappa shape index (κ2) is 5.14. The fourth-order valence-electron chi connectivity index (χ4n) is 1.77. The van der Waals surface area contributed by atoms with E-state index in [0.29, 0.717) is 22.7 Å². The smallest absolute Gasteiger partial charge is 0.318 e. The van der Waals surface area contributed by atoms with E-state index in [0.717, 1.165) is 5.56 Å². The monoisotopic (exact) mass is 264 g/mol. The molecule has 0 fully saturated rings. The number of phenols is 1. The molecular formula is C13H13ClN2O2. The Morgan fingerprint density at radius 3 is 2.83 bits per heavy atom. The molecule has 5 heteroatoms. The lowest BCUT2D eigenvalue weighted by atomic mass is 10.0. The number of aromatic hydroxyl groups is 1. The summed E-state index contributed by atoms with van der Waals surface area (Å²) in [4.78, 5) is 11.4. The molecule has 0 saturated heterocycles. The van der Waals surface area contributed by atoms with Crippen LogP contribution in [0.15, 0.2) is 30.4 Å². The third-order valence-corrected chi connectivity index (χ3v) is 3.00. The van der Waals surface area contributed by atoms with Crippen LogP contribution in [-0.2, 0) is 0 Å². The fourth-order valence-corrected chi connectivity index (χ4v) is 2.02. The summed E-state index contributed by atoms with van der Waals surface area (Å²) < 4.78 is 0. The number of hydrogen-bond donors (Lipinski definition) is 3. The van der Waals surface area contributed by atoms with Gasteiger partial charge in [0.2, 0.25) is 0 Å². The molecule has 0 spiro atoms. The van der Waals surface area contributed by atoms with Gasteiger partial charge in [-0.3, -0.25) is 0 Å². The molecule has 4 nitrogen and oxygen atoms in total. The highest BCUT2D eigenvalue weighted by Crippen LogP contribution is 2.32. The number of hydrogen-bond acceptors (Lipinski definition) is 2. The van der Waals surface area contributed by atoms with Crippen molar-refractivity contribution in [3.05, 3.63) is 41.5 Å². The van der Waals surface area contributed by atoms with Crippen molar-refractivity contribution < 1.29 is 9.90 Å². The molecule has 0 aliphatic heterocycles. The molecule has 2 amide bonds. The Morgan fingerprint density at radius 1 is 1.33 bits per heavy atom. The average molecular weight is 265 g/mol. The van der Waals surface area contributed by atoms with Crippen LogP contribution in [0, 0.1) is 0 Å². The Bertz CT molecular complexity index is 550. The third kappa shape index (κ3) is 2.49. The van der Waals surface area contributed by atoms with Gasteiger partial charge in [0.25, 0.3) is 0 Å². The lowest BCUT2D eigenvalue weighted by Crippen LogP contribution is -2.31. The van der Waals surface area contributed by atoms with Crippen molar-refractivity contribution in [1.29, 1.82) is 0 Å².